The van der Waals surface area contributed by atoms with Crippen LogP contribution in [-0.4, -0.2) is 26.2 Å². The van der Waals surface area contributed by atoms with E-state index in [2.05, 4.69) is 24.5 Å². The molecule has 1 aliphatic heterocycles. The molecule has 0 saturated heterocycles. The third-order valence-electron chi connectivity index (χ3n) is 5.45. The second kappa shape index (κ2) is 8.32. The predicted molar refractivity (Wildman–Crippen MR) is 122 cm³/mol. The summed E-state index contributed by atoms with van der Waals surface area (Å²) in [4.78, 5) is 13.9. The number of thiophene rings is 1. The van der Waals surface area contributed by atoms with Gasteiger partial charge in [0.25, 0.3) is 0 Å². The molecular weight excluding hydrogens is 396 g/mol. The summed E-state index contributed by atoms with van der Waals surface area (Å²) in [7, 11) is 1.43. The number of nitrogens with zero attached hydrogens (tertiary/aromatic N) is 1. The smallest absolute Gasteiger partial charge is 0.318 e. The lowest BCUT2D eigenvalue weighted by atomic mass is 9.88. The van der Waals surface area contributed by atoms with Crippen molar-refractivity contribution in [2.75, 3.05) is 25.9 Å². The number of anilines is 1. The average molecular weight is 422 g/mol. The highest BCUT2D eigenvalue weighted by atomic mass is 32.1. The normalized spacial score (nSPS) is 12.2. The van der Waals surface area contributed by atoms with Gasteiger partial charge in [0.1, 0.15) is 30.4 Å². The zero-order valence-corrected chi connectivity index (χ0v) is 18.2. The van der Waals surface area contributed by atoms with Gasteiger partial charge in [-0.1, -0.05) is 6.07 Å². The van der Waals surface area contributed by atoms with Gasteiger partial charge in [-0.25, -0.2) is 4.58 Å². The van der Waals surface area contributed by atoms with Crippen molar-refractivity contribution in [3.63, 3.8) is 0 Å². The van der Waals surface area contributed by atoms with E-state index in [0.717, 1.165) is 45.6 Å². The van der Waals surface area contributed by atoms with Gasteiger partial charge in [-0.3, -0.25) is 4.79 Å². The van der Waals surface area contributed by atoms with E-state index in [1.54, 1.807) is 11.3 Å². The summed E-state index contributed by atoms with van der Waals surface area (Å²) in [6, 6.07) is 15.6. The number of carbonyl (C=O) groups excluding carboxylic acids is 1. The van der Waals surface area contributed by atoms with Gasteiger partial charge in [-0.15, -0.1) is 11.3 Å². The summed E-state index contributed by atoms with van der Waals surface area (Å²) in [6.07, 6.45) is 0. The van der Waals surface area contributed by atoms with E-state index in [0.29, 0.717) is 11.3 Å². The quantitative estimate of drug-likeness (QED) is 0.226. The fourth-order valence-electron chi connectivity index (χ4n) is 3.97. The van der Waals surface area contributed by atoms with Crippen molar-refractivity contribution in [2.24, 2.45) is 0 Å². The van der Waals surface area contributed by atoms with Crippen LogP contribution in [0.25, 0.3) is 22.3 Å². The topological polar surface area (TPSA) is 68.5 Å². The minimum Gasteiger partial charge on any atom is -0.468 e. The molecule has 5 nitrogen and oxygen atoms in total. The Hall–Kier alpha value is -3.12. The Bertz CT molecular complexity index is 1240. The van der Waals surface area contributed by atoms with Crippen LogP contribution in [0.1, 0.15) is 30.2 Å². The lowest BCUT2D eigenvalue weighted by Gasteiger charge is -2.21. The van der Waals surface area contributed by atoms with Gasteiger partial charge in [0.2, 0.25) is 5.36 Å². The lowest BCUT2D eigenvalue weighted by molar-refractivity contribution is -0.141. The van der Waals surface area contributed by atoms with Crippen molar-refractivity contribution in [3.05, 3.63) is 69.7 Å². The Balaban J connectivity index is 2.12. The highest BCUT2D eigenvalue weighted by Gasteiger charge is 2.31. The van der Waals surface area contributed by atoms with Gasteiger partial charge in [0.05, 0.1) is 13.2 Å². The molecule has 4 rings (SSSR count). The second-order valence-electron chi connectivity index (χ2n) is 7.10. The Morgan fingerprint density at radius 3 is 2.63 bits per heavy atom. The van der Waals surface area contributed by atoms with Crippen molar-refractivity contribution in [1.82, 2.24) is 4.58 Å². The van der Waals surface area contributed by atoms with Crippen LogP contribution < -0.4 is 15.7 Å². The van der Waals surface area contributed by atoms with Crippen molar-refractivity contribution in [2.45, 2.75) is 19.8 Å². The van der Waals surface area contributed by atoms with E-state index >= 15 is 0 Å². The van der Waals surface area contributed by atoms with E-state index < -0.39 is 5.92 Å². The molecule has 1 aliphatic carbocycles. The molecule has 2 aliphatic rings. The third kappa shape index (κ3) is 3.48. The molecule has 1 unspecified atom stereocenters. The van der Waals surface area contributed by atoms with Gasteiger partial charge in [0.15, 0.2) is 0 Å². The minimum absolute atomic E-state index is 0.295. The Morgan fingerprint density at radius 2 is 1.97 bits per heavy atom. The number of hydrogen-bond donors (Lipinski definition) is 1. The first-order chi connectivity index (χ1) is 14.6. The fourth-order valence-corrected chi connectivity index (χ4v) is 4.80. The summed E-state index contributed by atoms with van der Waals surface area (Å²) in [5.74, 6) is -0.117. The summed E-state index contributed by atoms with van der Waals surface area (Å²) in [5, 5.41) is 3.91. The molecule has 2 aromatic rings. The van der Waals surface area contributed by atoms with E-state index in [1.807, 2.05) is 47.8 Å². The van der Waals surface area contributed by atoms with Crippen LogP contribution in [0.2, 0.25) is 0 Å². The number of benzene rings is 2. The van der Waals surface area contributed by atoms with Crippen LogP contribution in [0.4, 0.5) is 5.69 Å². The Morgan fingerprint density at radius 1 is 1.17 bits per heavy atom. The Labute approximate surface area is 179 Å². The van der Waals surface area contributed by atoms with Gasteiger partial charge in [-0.2, -0.15) is 0 Å². The molecule has 0 spiro atoms. The molecule has 30 heavy (non-hydrogen) atoms. The first-order valence-corrected chi connectivity index (χ1v) is 10.9. The maximum Gasteiger partial charge on any atom is 0.318 e. The van der Waals surface area contributed by atoms with Gasteiger partial charge >= 0.3 is 5.97 Å². The van der Waals surface area contributed by atoms with E-state index in [1.165, 1.54) is 7.11 Å². The van der Waals surface area contributed by atoms with Crippen LogP contribution >= 0.6 is 11.3 Å². The molecule has 0 bridgehead atoms. The fraction of sp³-hybridized carbons (Fsp3) is 0.250. The largest absolute Gasteiger partial charge is 0.468 e. The highest BCUT2D eigenvalue weighted by molar-refractivity contribution is 7.10. The van der Waals surface area contributed by atoms with Gasteiger partial charge in [0, 0.05) is 33.6 Å². The molecule has 2 N–H and O–H groups in total. The molecule has 1 aromatic carbocycles. The summed E-state index contributed by atoms with van der Waals surface area (Å²) in [6.45, 7) is 6.05. The van der Waals surface area contributed by atoms with Gasteiger partial charge in [-0.05, 0) is 49.1 Å². The first kappa shape index (κ1) is 20.2. The standard InChI is InChI=1S/C24H24N2O3S/c1-4-26(5-2)16-9-11-18-20(14-16)29-19-13-15(25)8-10-17(19)22(18)23(24(27)28-3)21-7-6-12-30-21/h6-14,23,25H,4-5H2,1-3H3/p+1. The van der Waals surface area contributed by atoms with Crippen LogP contribution in [0.3, 0.4) is 0 Å². The molecule has 0 radical (unpaired) electrons. The lowest BCUT2D eigenvalue weighted by Crippen LogP contribution is -2.29. The number of carbonyl (C=O) groups is 1. The number of methoxy groups -OCH3 is 1. The molecule has 154 valence electrons. The van der Waals surface area contributed by atoms with E-state index in [9.17, 15) is 4.79 Å². The third-order valence-corrected chi connectivity index (χ3v) is 6.39. The molecule has 1 aromatic heterocycles. The number of nitrogen functional groups attached to an aromatic ring is 1. The molecular formula is C24H25N2O3S+. The maximum absolute atomic E-state index is 13.0. The van der Waals surface area contributed by atoms with Crippen molar-refractivity contribution < 1.29 is 13.9 Å². The van der Waals surface area contributed by atoms with Crippen LogP contribution in [0.15, 0.2) is 58.3 Å². The molecule has 0 amide bonds. The van der Waals surface area contributed by atoms with Crippen molar-refractivity contribution >= 4 is 34.0 Å². The number of ether oxygens (including phenoxy) is 1. The minimum atomic E-state index is -0.542. The highest BCUT2D eigenvalue weighted by Crippen LogP contribution is 2.42. The zero-order chi connectivity index (χ0) is 21.3. The van der Waals surface area contributed by atoms with Crippen molar-refractivity contribution in [3.8, 4) is 11.3 Å². The first-order valence-electron chi connectivity index (χ1n) is 10.0. The number of esters is 1. The van der Waals surface area contributed by atoms with Crippen LogP contribution in [0, 0.1) is 0 Å². The SMILES string of the molecule is CC[N+](CC)=c1ccc2c(C(C(=O)OC)c3cccs3)c3ccc(N)cc3oc-2c1. The monoisotopic (exact) mass is 421 g/mol. The number of rotatable bonds is 5. The predicted octanol–water partition coefficient (Wildman–Crippen LogP) is 4.30. The summed E-state index contributed by atoms with van der Waals surface area (Å²) in [5.41, 5.74) is 9.08. The zero-order valence-electron chi connectivity index (χ0n) is 17.3. The van der Waals surface area contributed by atoms with E-state index in [4.69, 9.17) is 14.9 Å². The molecule has 0 fully saturated rings. The second-order valence-corrected chi connectivity index (χ2v) is 8.07. The summed E-state index contributed by atoms with van der Waals surface area (Å²) < 4.78 is 13.7. The average Bonchev–Trinajstić information content (AvgIpc) is 3.28. The number of hydrogen-bond acceptors (Lipinski definition) is 5. The molecule has 6 heteroatoms. The number of nitrogens with two attached hydrogens (primary N) is 1. The maximum atomic E-state index is 13.0. The molecule has 1 atom stereocenters. The van der Waals surface area contributed by atoms with Crippen molar-refractivity contribution in [1.29, 1.82) is 0 Å². The molecule has 2 heterocycles. The van der Waals surface area contributed by atoms with Crippen LogP contribution in [-0.2, 0) is 9.53 Å². The Kier molecular flexibility index (Phi) is 5.59. The van der Waals surface area contributed by atoms with E-state index in [-0.39, 0.29) is 5.97 Å². The van der Waals surface area contributed by atoms with Crippen LogP contribution in [0.5, 0.6) is 0 Å². The molecule has 0 saturated carbocycles. The van der Waals surface area contributed by atoms with Gasteiger partial charge < -0.3 is 14.9 Å². The number of fused-ring (bicyclic) bond motifs is 2. The summed E-state index contributed by atoms with van der Waals surface area (Å²) >= 11 is 1.54.